The Hall–Kier alpha value is -1.24. The number of nitriles is 1. The maximum absolute atomic E-state index is 9.45. The Bertz CT molecular complexity index is 315. The number of nitrogens with zero attached hydrogens (tertiary/aromatic N) is 4. The van der Waals surface area contributed by atoms with Crippen LogP contribution >= 0.6 is 0 Å². The summed E-state index contributed by atoms with van der Waals surface area (Å²) >= 11 is 0. The Labute approximate surface area is 103 Å². The van der Waals surface area contributed by atoms with Crippen molar-refractivity contribution in [2.24, 2.45) is 11.0 Å². The number of nitrogens with one attached hydrogen (secondary N) is 1. The summed E-state index contributed by atoms with van der Waals surface area (Å²) in [6.07, 6.45) is 6.31. The minimum Gasteiger partial charge on any atom is -0.299 e. The molecule has 0 spiro atoms. The molecule has 0 aromatic heterocycles. The van der Waals surface area contributed by atoms with Gasteiger partial charge in [0.15, 0.2) is 0 Å². The van der Waals surface area contributed by atoms with Crippen molar-refractivity contribution in [1.29, 1.82) is 5.26 Å². The van der Waals surface area contributed by atoms with Gasteiger partial charge in [0.1, 0.15) is 5.54 Å². The minimum absolute atomic E-state index is 0.344. The van der Waals surface area contributed by atoms with Crippen LogP contribution in [0.4, 0.5) is 0 Å². The highest BCUT2D eigenvalue weighted by Gasteiger charge is 2.39. The summed E-state index contributed by atoms with van der Waals surface area (Å²) in [6, 6.07) is 2.49. The molecule has 17 heavy (non-hydrogen) atoms. The molecule has 1 aliphatic carbocycles. The summed E-state index contributed by atoms with van der Waals surface area (Å²) in [5.41, 5.74) is 7.83. The summed E-state index contributed by atoms with van der Waals surface area (Å²) in [7, 11) is 0. The second kappa shape index (κ2) is 7.16. The second-order valence-electron chi connectivity index (χ2n) is 4.67. The van der Waals surface area contributed by atoms with Gasteiger partial charge in [-0.2, -0.15) is 5.26 Å². The molecule has 5 nitrogen and oxygen atoms in total. The molecule has 0 aromatic carbocycles. The van der Waals surface area contributed by atoms with Crippen molar-refractivity contribution in [1.82, 2.24) is 5.32 Å². The van der Waals surface area contributed by atoms with E-state index in [-0.39, 0.29) is 5.54 Å². The zero-order valence-electron chi connectivity index (χ0n) is 10.5. The lowest BCUT2D eigenvalue weighted by atomic mass is 9.72. The topological polar surface area (TPSA) is 84.6 Å². The predicted molar refractivity (Wildman–Crippen MR) is 67.2 cm³/mol. The van der Waals surface area contributed by atoms with Crippen LogP contribution in [0.1, 0.15) is 45.4 Å². The van der Waals surface area contributed by atoms with E-state index < -0.39 is 0 Å². The van der Waals surface area contributed by atoms with Crippen molar-refractivity contribution >= 4 is 0 Å². The lowest BCUT2D eigenvalue weighted by molar-refractivity contribution is 0.191. The minimum atomic E-state index is -0.344. The Balaban J connectivity index is 2.49. The highest BCUT2D eigenvalue weighted by atomic mass is 15.1. The third-order valence-corrected chi connectivity index (χ3v) is 3.70. The van der Waals surface area contributed by atoms with Gasteiger partial charge in [0, 0.05) is 11.5 Å². The van der Waals surface area contributed by atoms with E-state index in [0.717, 1.165) is 38.6 Å². The molecule has 0 amide bonds. The van der Waals surface area contributed by atoms with Gasteiger partial charge in [-0.25, -0.2) is 0 Å². The number of hydrogen-bond acceptors (Lipinski definition) is 3. The molecule has 94 valence electrons. The van der Waals surface area contributed by atoms with Crippen molar-refractivity contribution in [2.75, 3.05) is 13.1 Å². The average molecular weight is 235 g/mol. The van der Waals surface area contributed by atoms with Crippen LogP contribution in [0.2, 0.25) is 0 Å². The number of azide groups is 1. The lowest BCUT2D eigenvalue weighted by Crippen LogP contribution is -2.52. The maximum atomic E-state index is 9.45. The van der Waals surface area contributed by atoms with Crippen LogP contribution in [0.5, 0.6) is 0 Å². The molecule has 1 saturated carbocycles. The van der Waals surface area contributed by atoms with Crippen LogP contribution in [-0.4, -0.2) is 18.6 Å². The van der Waals surface area contributed by atoms with Gasteiger partial charge < -0.3 is 0 Å². The van der Waals surface area contributed by atoms with Crippen molar-refractivity contribution in [2.45, 2.75) is 51.0 Å². The lowest BCUT2D eigenvalue weighted by Gasteiger charge is -2.39. The van der Waals surface area contributed by atoms with Crippen LogP contribution in [0.15, 0.2) is 5.11 Å². The van der Waals surface area contributed by atoms with E-state index in [2.05, 4.69) is 28.3 Å². The molecule has 0 heterocycles. The van der Waals surface area contributed by atoms with Gasteiger partial charge in [-0.1, -0.05) is 31.3 Å². The molecular formula is C12H21N5. The van der Waals surface area contributed by atoms with Gasteiger partial charge in [0.25, 0.3) is 0 Å². The summed E-state index contributed by atoms with van der Waals surface area (Å²) in [6.45, 7) is 3.41. The fourth-order valence-electron chi connectivity index (χ4n) is 2.72. The zero-order valence-corrected chi connectivity index (χ0v) is 10.5. The van der Waals surface area contributed by atoms with Gasteiger partial charge in [-0.3, -0.25) is 5.32 Å². The molecule has 1 N–H and O–H groups in total. The SMILES string of the molecule is CCC1CCCCC1(C#N)NCCCN=[N+]=[N-]. The monoisotopic (exact) mass is 235 g/mol. The van der Waals surface area contributed by atoms with Gasteiger partial charge in [-0.15, -0.1) is 0 Å². The molecule has 0 bridgehead atoms. The Morgan fingerprint density at radius 2 is 2.41 bits per heavy atom. The molecule has 1 fully saturated rings. The normalized spacial score (nSPS) is 28.1. The fraction of sp³-hybridized carbons (Fsp3) is 0.917. The van der Waals surface area contributed by atoms with Crippen LogP contribution in [0.25, 0.3) is 10.4 Å². The van der Waals surface area contributed by atoms with Crippen LogP contribution in [-0.2, 0) is 0 Å². The molecule has 1 rings (SSSR count). The molecule has 0 radical (unpaired) electrons. The van der Waals surface area contributed by atoms with E-state index in [9.17, 15) is 5.26 Å². The van der Waals surface area contributed by atoms with E-state index in [4.69, 9.17) is 5.53 Å². The van der Waals surface area contributed by atoms with Crippen LogP contribution in [0.3, 0.4) is 0 Å². The summed E-state index contributed by atoms with van der Waals surface area (Å²) < 4.78 is 0. The van der Waals surface area contributed by atoms with Crippen molar-refractivity contribution in [3.05, 3.63) is 10.4 Å². The molecule has 5 heteroatoms. The van der Waals surface area contributed by atoms with E-state index >= 15 is 0 Å². The van der Waals surface area contributed by atoms with Crippen LogP contribution < -0.4 is 5.32 Å². The Morgan fingerprint density at radius 1 is 1.59 bits per heavy atom. The first-order chi connectivity index (χ1) is 8.29. The van der Waals surface area contributed by atoms with E-state index in [0.29, 0.717) is 12.5 Å². The quantitative estimate of drug-likeness (QED) is 0.332. The molecular weight excluding hydrogens is 214 g/mol. The summed E-state index contributed by atoms with van der Waals surface area (Å²) in [4.78, 5) is 2.72. The van der Waals surface area contributed by atoms with Gasteiger partial charge >= 0.3 is 0 Å². The first-order valence-corrected chi connectivity index (χ1v) is 6.46. The van der Waals surface area contributed by atoms with E-state index in [1.165, 1.54) is 6.42 Å². The van der Waals surface area contributed by atoms with Crippen molar-refractivity contribution < 1.29 is 0 Å². The highest BCUT2D eigenvalue weighted by Crippen LogP contribution is 2.35. The molecule has 0 saturated heterocycles. The second-order valence-corrected chi connectivity index (χ2v) is 4.67. The predicted octanol–water partition coefficient (Wildman–Crippen LogP) is 3.14. The van der Waals surface area contributed by atoms with Gasteiger partial charge in [0.05, 0.1) is 6.07 Å². The third-order valence-electron chi connectivity index (χ3n) is 3.70. The molecule has 1 aliphatic rings. The summed E-state index contributed by atoms with van der Waals surface area (Å²) in [5, 5.41) is 16.4. The summed E-state index contributed by atoms with van der Waals surface area (Å²) in [5.74, 6) is 0.459. The van der Waals surface area contributed by atoms with Crippen molar-refractivity contribution in [3.63, 3.8) is 0 Å². The Kier molecular flexibility index (Phi) is 5.82. The Morgan fingerprint density at radius 3 is 3.06 bits per heavy atom. The zero-order chi connectivity index (χ0) is 12.6. The molecule has 0 aromatic rings. The molecule has 2 unspecified atom stereocenters. The highest BCUT2D eigenvalue weighted by molar-refractivity contribution is 5.12. The average Bonchev–Trinajstić information content (AvgIpc) is 2.39. The van der Waals surface area contributed by atoms with Gasteiger partial charge in [-0.05, 0) is 37.3 Å². The molecule has 0 aliphatic heterocycles. The van der Waals surface area contributed by atoms with Crippen LogP contribution in [0, 0.1) is 17.2 Å². The first-order valence-electron chi connectivity index (χ1n) is 6.46. The van der Waals surface area contributed by atoms with Gasteiger partial charge in [0.2, 0.25) is 0 Å². The maximum Gasteiger partial charge on any atom is 0.109 e. The number of hydrogen-bond donors (Lipinski definition) is 1. The largest absolute Gasteiger partial charge is 0.299 e. The van der Waals surface area contributed by atoms with E-state index in [1.54, 1.807) is 0 Å². The smallest absolute Gasteiger partial charge is 0.109 e. The standard InChI is InChI=1S/C12H21N5/c1-2-11-6-3-4-7-12(11,10-13)15-8-5-9-16-17-14/h11,15H,2-9H2,1H3. The first kappa shape index (κ1) is 13.8. The third kappa shape index (κ3) is 3.62. The fourth-order valence-corrected chi connectivity index (χ4v) is 2.72. The number of rotatable bonds is 6. The van der Waals surface area contributed by atoms with Crippen molar-refractivity contribution in [3.8, 4) is 6.07 Å². The van der Waals surface area contributed by atoms with E-state index in [1.807, 2.05) is 0 Å². The molecule has 2 atom stereocenters.